The van der Waals surface area contributed by atoms with Crippen molar-refractivity contribution in [1.29, 1.82) is 5.26 Å². The van der Waals surface area contributed by atoms with Gasteiger partial charge in [0.2, 0.25) is 5.88 Å². The standard InChI is InChI=1S/C27H16ClF3N2O5/c1-36-20-6-3-13(8-15(20)12-2-5-19(28)18(9-12)27(29,30)31)22-17(11-32)25(33)38-24-16-10-14(34)4-7-21(16)37-26(35)23(22)24/h2-10,22,34H,33H2,1H3. The lowest BCUT2D eigenvalue weighted by Gasteiger charge is -2.26. The fourth-order valence-electron chi connectivity index (χ4n) is 4.48. The minimum atomic E-state index is -4.70. The molecule has 3 N–H and O–H groups in total. The Morgan fingerprint density at radius 3 is 2.58 bits per heavy atom. The molecule has 7 nitrogen and oxygen atoms in total. The van der Waals surface area contributed by atoms with E-state index in [1.165, 1.54) is 43.5 Å². The summed E-state index contributed by atoms with van der Waals surface area (Å²) in [5, 5.41) is 19.7. The molecule has 1 unspecified atom stereocenters. The van der Waals surface area contributed by atoms with Crippen LogP contribution in [0.3, 0.4) is 0 Å². The number of ether oxygens (including phenoxy) is 2. The highest BCUT2D eigenvalue weighted by Crippen LogP contribution is 2.46. The highest BCUT2D eigenvalue weighted by molar-refractivity contribution is 6.31. The van der Waals surface area contributed by atoms with Crippen LogP contribution in [0.4, 0.5) is 13.2 Å². The van der Waals surface area contributed by atoms with Crippen molar-refractivity contribution in [2.75, 3.05) is 7.11 Å². The van der Waals surface area contributed by atoms with Gasteiger partial charge in [0.15, 0.2) is 5.75 Å². The number of nitrogens with two attached hydrogens (primary N) is 1. The van der Waals surface area contributed by atoms with Crippen LogP contribution in [0.5, 0.6) is 17.2 Å². The number of nitrogens with zero attached hydrogens (tertiary/aromatic N) is 1. The van der Waals surface area contributed by atoms with E-state index >= 15 is 0 Å². The number of rotatable bonds is 3. The summed E-state index contributed by atoms with van der Waals surface area (Å²) in [6.07, 6.45) is -4.70. The normalized spacial score (nSPS) is 15.1. The third-order valence-corrected chi connectivity index (χ3v) is 6.52. The van der Waals surface area contributed by atoms with E-state index in [1.54, 1.807) is 6.07 Å². The van der Waals surface area contributed by atoms with Crippen molar-refractivity contribution < 1.29 is 32.2 Å². The van der Waals surface area contributed by atoms with Gasteiger partial charge in [-0.15, -0.1) is 0 Å². The first-order chi connectivity index (χ1) is 18.0. The molecular weight excluding hydrogens is 525 g/mol. The summed E-state index contributed by atoms with van der Waals surface area (Å²) in [7, 11) is 1.36. The maximum Gasteiger partial charge on any atom is 0.417 e. The van der Waals surface area contributed by atoms with Crippen LogP contribution in [0.15, 0.2) is 75.3 Å². The SMILES string of the molecule is COc1ccc(C2C(C#N)=C(N)Oc3c2c(=O)oc2ccc(O)cc32)cc1-c1ccc(Cl)c(C(F)(F)F)c1. The van der Waals surface area contributed by atoms with Crippen LogP contribution in [0.2, 0.25) is 5.02 Å². The minimum absolute atomic E-state index is 0.00290. The summed E-state index contributed by atoms with van der Waals surface area (Å²) in [5.74, 6) is -1.26. The van der Waals surface area contributed by atoms with Crippen LogP contribution in [-0.2, 0) is 6.18 Å². The van der Waals surface area contributed by atoms with Crippen LogP contribution < -0.4 is 20.8 Å². The maximum absolute atomic E-state index is 13.6. The van der Waals surface area contributed by atoms with Gasteiger partial charge in [-0.2, -0.15) is 18.4 Å². The molecule has 0 bridgehead atoms. The van der Waals surface area contributed by atoms with Crippen LogP contribution >= 0.6 is 11.6 Å². The Labute approximate surface area is 217 Å². The van der Waals surface area contributed by atoms with Crippen molar-refractivity contribution in [1.82, 2.24) is 0 Å². The Morgan fingerprint density at radius 1 is 1.13 bits per heavy atom. The highest BCUT2D eigenvalue weighted by atomic mass is 35.5. The van der Waals surface area contributed by atoms with E-state index in [0.29, 0.717) is 5.56 Å². The van der Waals surface area contributed by atoms with E-state index in [-0.39, 0.29) is 56.4 Å². The first kappa shape index (κ1) is 25.0. The number of fused-ring (bicyclic) bond motifs is 3. The fraction of sp³-hybridized carbons (Fsp3) is 0.111. The first-order valence-electron chi connectivity index (χ1n) is 11.0. The summed E-state index contributed by atoms with van der Waals surface area (Å²) < 4.78 is 57.1. The zero-order chi connectivity index (χ0) is 27.4. The molecule has 3 aromatic carbocycles. The number of hydrogen-bond acceptors (Lipinski definition) is 7. The Bertz CT molecular complexity index is 1760. The molecule has 0 radical (unpaired) electrons. The number of aromatic hydroxyl groups is 1. The average molecular weight is 541 g/mol. The predicted octanol–water partition coefficient (Wildman–Crippen LogP) is 6.06. The molecule has 5 rings (SSSR count). The number of allylic oxidation sites excluding steroid dienone is 1. The lowest BCUT2D eigenvalue weighted by molar-refractivity contribution is -0.137. The zero-order valence-electron chi connectivity index (χ0n) is 19.4. The summed E-state index contributed by atoms with van der Waals surface area (Å²) in [4.78, 5) is 13.1. The van der Waals surface area contributed by atoms with Gasteiger partial charge in [0.25, 0.3) is 0 Å². The topological polar surface area (TPSA) is 119 Å². The lowest BCUT2D eigenvalue weighted by Crippen LogP contribution is -2.26. The second kappa shape index (κ2) is 9.04. The highest BCUT2D eigenvalue weighted by Gasteiger charge is 2.37. The van der Waals surface area contributed by atoms with Crippen LogP contribution in [0, 0.1) is 11.3 Å². The minimum Gasteiger partial charge on any atom is -0.508 e. The molecule has 1 aromatic heterocycles. The molecule has 192 valence electrons. The second-order valence-electron chi connectivity index (χ2n) is 8.39. The van der Waals surface area contributed by atoms with Crippen molar-refractivity contribution in [2.45, 2.75) is 12.1 Å². The molecule has 0 amide bonds. The lowest BCUT2D eigenvalue weighted by atomic mass is 9.82. The van der Waals surface area contributed by atoms with Gasteiger partial charge in [-0.25, -0.2) is 4.79 Å². The van der Waals surface area contributed by atoms with E-state index in [1.807, 2.05) is 6.07 Å². The van der Waals surface area contributed by atoms with Gasteiger partial charge < -0.3 is 24.7 Å². The van der Waals surface area contributed by atoms with Crippen molar-refractivity contribution in [3.63, 3.8) is 0 Å². The molecule has 1 atom stereocenters. The predicted molar refractivity (Wildman–Crippen MR) is 132 cm³/mol. The van der Waals surface area contributed by atoms with E-state index in [9.17, 15) is 28.3 Å². The number of phenols is 1. The van der Waals surface area contributed by atoms with Gasteiger partial charge in [0.05, 0.1) is 34.6 Å². The summed E-state index contributed by atoms with van der Waals surface area (Å²) >= 11 is 5.80. The first-order valence-corrected chi connectivity index (χ1v) is 11.3. The number of methoxy groups -OCH3 is 1. The van der Waals surface area contributed by atoms with Gasteiger partial charge in [-0.05, 0) is 53.6 Å². The molecule has 38 heavy (non-hydrogen) atoms. The molecule has 1 aliphatic heterocycles. The molecule has 0 saturated heterocycles. The number of benzene rings is 3. The number of phenolic OH excluding ortho intramolecular Hbond substituents is 1. The number of alkyl halides is 3. The third-order valence-electron chi connectivity index (χ3n) is 6.19. The molecular formula is C27H16ClF3N2O5. The van der Waals surface area contributed by atoms with Crippen molar-refractivity contribution in [2.24, 2.45) is 5.73 Å². The molecule has 0 aliphatic carbocycles. The quantitative estimate of drug-likeness (QED) is 0.303. The summed E-state index contributed by atoms with van der Waals surface area (Å²) in [5.41, 5.74) is 4.91. The number of halogens is 4. The average Bonchev–Trinajstić information content (AvgIpc) is 2.87. The maximum atomic E-state index is 13.6. The Morgan fingerprint density at radius 2 is 1.89 bits per heavy atom. The monoisotopic (exact) mass is 540 g/mol. The summed E-state index contributed by atoms with van der Waals surface area (Å²) in [6.45, 7) is 0. The smallest absolute Gasteiger partial charge is 0.417 e. The van der Waals surface area contributed by atoms with E-state index in [2.05, 4.69) is 0 Å². The van der Waals surface area contributed by atoms with Crippen LogP contribution in [0.25, 0.3) is 22.1 Å². The van der Waals surface area contributed by atoms with Crippen molar-refractivity contribution in [3.8, 4) is 34.4 Å². The largest absolute Gasteiger partial charge is 0.508 e. The zero-order valence-corrected chi connectivity index (χ0v) is 20.1. The molecule has 4 aromatic rings. The molecule has 11 heteroatoms. The van der Waals surface area contributed by atoms with E-state index < -0.39 is 28.3 Å². The van der Waals surface area contributed by atoms with E-state index in [0.717, 1.165) is 12.1 Å². The molecule has 2 heterocycles. The fourth-order valence-corrected chi connectivity index (χ4v) is 4.71. The third kappa shape index (κ3) is 4.07. The van der Waals surface area contributed by atoms with Gasteiger partial charge >= 0.3 is 11.8 Å². The molecule has 0 fully saturated rings. The molecule has 0 saturated carbocycles. The van der Waals surface area contributed by atoms with Crippen molar-refractivity contribution in [3.05, 3.63) is 98.2 Å². The van der Waals surface area contributed by atoms with Crippen molar-refractivity contribution >= 4 is 22.6 Å². The Kier molecular flexibility index (Phi) is 5.96. The number of nitriles is 1. The second-order valence-corrected chi connectivity index (χ2v) is 8.80. The Hall–Kier alpha value is -4.62. The van der Waals surface area contributed by atoms with E-state index in [4.69, 9.17) is 31.2 Å². The van der Waals surface area contributed by atoms with Gasteiger partial charge in [-0.3, -0.25) is 0 Å². The number of hydrogen-bond donors (Lipinski definition) is 2. The van der Waals surface area contributed by atoms with Crippen LogP contribution in [-0.4, -0.2) is 12.2 Å². The Balaban J connectivity index is 1.78. The van der Waals surface area contributed by atoms with Gasteiger partial charge in [-0.1, -0.05) is 23.7 Å². The molecule has 0 spiro atoms. The summed E-state index contributed by atoms with van der Waals surface area (Å²) in [6, 6.07) is 14.0. The van der Waals surface area contributed by atoms with Crippen LogP contribution in [0.1, 0.15) is 22.6 Å². The molecule has 1 aliphatic rings. The van der Waals surface area contributed by atoms with Gasteiger partial charge in [0, 0.05) is 5.56 Å². The van der Waals surface area contributed by atoms with Gasteiger partial charge in [0.1, 0.15) is 28.7 Å².